The molecule has 6 nitrogen and oxygen atoms in total. The lowest BCUT2D eigenvalue weighted by atomic mass is 10.1. The normalized spacial score (nSPS) is 22.3. The summed E-state index contributed by atoms with van der Waals surface area (Å²) in [6.07, 6.45) is 4.80. The quantitative estimate of drug-likeness (QED) is 0.717. The zero-order valence-electron chi connectivity index (χ0n) is 16.2. The summed E-state index contributed by atoms with van der Waals surface area (Å²) in [4.78, 5) is 21.7. The van der Waals surface area contributed by atoms with E-state index in [1.54, 1.807) is 11.3 Å². The fourth-order valence-corrected chi connectivity index (χ4v) is 7.23. The smallest absolute Gasteiger partial charge is 0.237 e. The van der Waals surface area contributed by atoms with E-state index in [0.717, 1.165) is 40.9 Å². The number of thiazole rings is 1. The number of hydrogen-bond donors (Lipinski definition) is 0. The molecule has 1 aliphatic heterocycles. The van der Waals surface area contributed by atoms with Crippen LogP contribution in [0.15, 0.2) is 24.3 Å². The van der Waals surface area contributed by atoms with Crippen molar-refractivity contribution >= 4 is 37.3 Å². The molecule has 2 aromatic rings. The summed E-state index contributed by atoms with van der Waals surface area (Å²) in [5, 5.41) is 0.993. The average molecular weight is 422 g/mol. The van der Waals surface area contributed by atoms with Crippen LogP contribution < -0.4 is 0 Å². The Hall–Kier alpha value is -1.51. The van der Waals surface area contributed by atoms with Gasteiger partial charge in [0.1, 0.15) is 5.01 Å². The third kappa shape index (κ3) is 4.39. The predicted molar refractivity (Wildman–Crippen MR) is 112 cm³/mol. The third-order valence-corrected chi connectivity index (χ3v) is 8.53. The summed E-state index contributed by atoms with van der Waals surface area (Å²) in [6.45, 7) is 0.912. The van der Waals surface area contributed by atoms with Crippen molar-refractivity contribution in [2.45, 2.75) is 50.7 Å². The van der Waals surface area contributed by atoms with Gasteiger partial charge in [-0.15, -0.1) is 11.3 Å². The van der Waals surface area contributed by atoms with Crippen LogP contribution in [0.1, 0.15) is 37.1 Å². The number of benzene rings is 1. The van der Waals surface area contributed by atoms with Gasteiger partial charge < -0.3 is 4.90 Å². The van der Waals surface area contributed by atoms with E-state index >= 15 is 0 Å². The Morgan fingerprint density at radius 1 is 1.18 bits per heavy atom. The minimum Gasteiger partial charge on any atom is -0.335 e. The molecule has 8 heteroatoms. The molecule has 1 aliphatic carbocycles. The number of sulfone groups is 1. The van der Waals surface area contributed by atoms with Gasteiger partial charge in [0, 0.05) is 12.1 Å². The summed E-state index contributed by atoms with van der Waals surface area (Å²) in [5.41, 5.74) is 0.992. The van der Waals surface area contributed by atoms with Crippen LogP contribution in [0.4, 0.5) is 0 Å². The number of para-hydroxylation sites is 1. The summed E-state index contributed by atoms with van der Waals surface area (Å²) in [7, 11) is -1.08. The van der Waals surface area contributed by atoms with Gasteiger partial charge in [0.15, 0.2) is 9.84 Å². The number of hydrogen-bond acceptors (Lipinski definition) is 6. The Kier molecular flexibility index (Phi) is 5.71. The van der Waals surface area contributed by atoms with Crippen molar-refractivity contribution in [1.29, 1.82) is 0 Å². The van der Waals surface area contributed by atoms with E-state index in [0.29, 0.717) is 19.5 Å². The van der Waals surface area contributed by atoms with Gasteiger partial charge in [-0.1, -0.05) is 25.0 Å². The van der Waals surface area contributed by atoms with Gasteiger partial charge in [-0.3, -0.25) is 9.69 Å². The van der Waals surface area contributed by atoms with Crippen molar-refractivity contribution in [3.05, 3.63) is 29.3 Å². The lowest BCUT2D eigenvalue weighted by Crippen LogP contribution is -2.50. The molecule has 2 fully saturated rings. The number of aromatic nitrogens is 1. The number of nitrogens with zero attached hydrogens (tertiary/aromatic N) is 3. The number of amides is 1. The zero-order valence-corrected chi connectivity index (χ0v) is 17.8. The number of fused-ring (bicyclic) bond motifs is 1. The maximum atomic E-state index is 13.2. The molecule has 2 aliphatic rings. The standard InChI is InChI=1S/C20H27N3O3S2/c1-22(12-19-21-17-8-4-5-9-18(17)27-19)13-20(24)23(15-6-2-3-7-15)16-10-11-28(25,26)14-16/h4-5,8-9,15-16H,2-3,6-7,10-14H2,1H3/t16-/m1/s1. The Bertz CT molecular complexity index is 918. The Morgan fingerprint density at radius 2 is 1.93 bits per heavy atom. The molecule has 0 spiro atoms. The minimum absolute atomic E-state index is 0.0533. The molecule has 1 aromatic carbocycles. The molecule has 1 amide bonds. The number of rotatable bonds is 6. The molecule has 1 saturated carbocycles. The minimum atomic E-state index is -3.01. The van der Waals surface area contributed by atoms with Crippen LogP contribution in [-0.2, 0) is 21.2 Å². The molecule has 152 valence electrons. The summed E-state index contributed by atoms with van der Waals surface area (Å²) < 4.78 is 25.1. The lowest BCUT2D eigenvalue weighted by molar-refractivity contribution is -0.136. The highest BCUT2D eigenvalue weighted by atomic mass is 32.2. The average Bonchev–Trinajstić information content (AvgIpc) is 3.35. The molecule has 4 rings (SSSR count). The monoisotopic (exact) mass is 421 g/mol. The van der Waals surface area contributed by atoms with E-state index in [2.05, 4.69) is 11.1 Å². The van der Waals surface area contributed by atoms with Crippen molar-refractivity contribution in [3.8, 4) is 0 Å². The molecule has 1 saturated heterocycles. The highest BCUT2D eigenvalue weighted by Gasteiger charge is 2.39. The summed E-state index contributed by atoms with van der Waals surface area (Å²) in [5.74, 6) is 0.379. The molecular weight excluding hydrogens is 394 g/mol. The van der Waals surface area contributed by atoms with Crippen molar-refractivity contribution in [2.24, 2.45) is 0 Å². The van der Waals surface area contributed by atoms with Gasteiger partial charge in [-0.05, 0) is 38.4 Å². The third-order valence-electron chi connectivity index (χ3n) is 5.76. The summed E-state index contributed by atoms with van der Waals surface area (Å²) >= 11 is 1.65. The van der Waals surface area contributed by atoms with Gasteiger partial charge in [-0.2, -0.15) is 0 Å². The fourth-order valence-electron chi connectivity index (χ4n) is 4.47. The topological polar surface area (TPSA) is 70.6 Å². The SMILES string of the molecule is CN(CC(=O)N(C1CCCC1)[C@@H]1CCS(=O)(=O)C1)Cc1nc2ccccc2s1. The Balaban J connectivity index is 1.44. The van der Waals surface area contributed by atoms with Gasteiger partial charge >= 0.3 is 0 Å². The van der Waals surface area contributed by atoms with E-state index in [1.807, 2.05) is 35.0 Å². The van der Waals surface area contributed by atoms with E-state index in [1.165, 1.54) is 0 Å². The summed E-state index contributed by atoms with van der Waals surface area (Å²) in [6, 6.07) is 8.09. The van der Waals surface area contributed by atoms with Crippen molar-refractivity contribution in [3.63, 3.8) is 0 Å². The molecule has 0 N–H and O–H groups in total. The van der Waals surface area contributed by atoms with E-state index in [-0.39, 0.29) is 29.5 Å². The first-order valence-corrected chi connectivity index (χ1v) is 12.6. The molecule has 0 bridgehead atoms. The second-order valence-corrected chi connectivity index (χ2v) is 11.4. The van der Waals surface area contributed by atoms with Gasteiger partial charge in [-0.25, -0.2) is 13.4 Å². The molecule has 28 heavy (non-hydrogen) atoms. The Morgan fingerprint density at radius 3 is 2.61 bits per heavy atom. The maximum absolute atomic E-state index is 13.2. The molecule has 0 unspecified atom stereocenters. The first-order valence-electron chi connectivity index (χ1n) is 9.96. The first kappa shape index (κ1) is 19.8. The lowest BCUT2D eigenvalue weighted by Gasteiger charge is -2.35. The van der Waals surface area contributed by atoms with Crippen molar-refractivity contribution < 1.29 is 13.2 Å². The van der Waals surface area contributed by atoms with E-state index < -0.39 is 9.84 Å². The van der Waals surface area contributed by atoms with Crippen LogP contribution in [-0.4, -0.2) is 66.3 Å². The van der Waals surface area contributed by atoms with Crippen LogP contribution in [0.2, 0.25) is 0 Å². The van der Waals surface area contributed by atoms with Crippen LogP contribution in [0.25, 0.3) is 10.2 Å². The largest absolute Gasteiger partial charge is 0.335 e. The first-order chi connectivity index (χ1) is 13.4. The number of carbonyl (C=O) groups excluding carboxylic acids is 1. The molecule has 1 atom stereocenters. The van der Waals surface area contributed by atoms with Crippen molar-refractivity contribution in [2.75, 3.05) is 25.1 Å². The molecular formula is C20H27N3O3S2. The van der Waals surface area contributed by atoms with E-state index in [9.17, 15) is 13.2 Å². The second kappa shape index (κ2) is 8.08. The Labute approximate surface area is 170 Å². The van der Waals surface area contributed by atoms with Crippen LogP contribution >= 0.6 is 11.3 Å². The molecule has 1 aromatic heterocycles. The highest BCUT2D eigenvalue weighted by molar-refractivity contribution is 7.91. The predicted octanol–water partition coefficient (Wildman–Crippen LogP) is 2.69. The second-order valence-electron chi connectivity index (χ2n) is 8.04. The van der Waals surface area contributed by atoms with Crippen LogP contribution in [0.3, 0.4) is 0 Å². The highest BCUT2D eigenvalue weighted by Crippen LogP contribution is 2.29. The van der Waals surface area contributed by atoms with Crippen molar-refractivity contribution in [1.82, 2.24) is 14.8 Å². The molecule has 0 radical (unpaired) electrons. The fraction of sp³-hybridized carbons (Fsp3) is 0.600. The van der Waals surface area contributed by atoms with E-state index in [4.69, 9.17) is 0 Å². The van der Waals surface area contributed by atoms with Crippen LogP contribution in [0.5, 0.6) is 0 Å². The molecule has 2 heterocycles. The van der Waals surface area contributed by atoms with Gasteiger partial charge in [0.25, 0.3) is 0 Å². The maximum Gasteiger partial charge on any atom is 0.237 e. The van der Waals surface area contributed by atoms with Gasteiger partial charge in [0.05, 0.1) is 34.8 Å². The van der Waals surface area contributed by atoms with Crippen LogP contribution in [0, 0.1) is 0 Å². The number of carbonyl (C=O) groups is 1. The zero-order chi connectivity index (χ0) is 19.7. The number of likely N-dealkylation sites (N-methyl/N-ethyl adjacent to an activating group) is 1. The van der Waals surface area contributed by atoms with Gasteiger partial charge in [0.2, 0.25) is 5.91 Å².